The van der Waals surface area contributed by atoms with Gasteiger partial charge in [0.15, 0.2) is 0 Å². The predicted octanol–water partition coefficient (Wildman–Crippen LogP) is 2.25. The van der Waals surface area contributed by atoms with Gasteiger partial charge in [0.2, 0.25) is 5.91 Å². The summed E-state index contributed by atoms with van der Waals surface area (Å²) >= 11 is 0. The van der Waals surface area contributed by atoms with E-state index in [1.54, 1.807) is 17.0 Å². The van der Waals surface area contributed by atoms with Crippen LogP contribution in [0.15, 0.2) is 24.3 Å². The van der Waals surface area contributed by atoms with Crippen molar-refractivity contribution in [3.63, 3.8) is 0 Å². The van der Waals surface area contributed by atoms with Crippen LogP contribution < -0.4 is 10.2 Å². The third-order valence-corrected chi connectivity index (χ3v) is 4.75. The van der Waals surface area contributed by atoms with Crippen LogP contribution in [0.4, 0.5) is 10.1 Å². The molecule has 0 aromatic heterocycles. The number of morpholine rings is 1. The van der Waals surface area contributed by atoms with Crippen LogP contribution in [0, 0.1) is 11.7 Å². The van der Waals surface area contributed by atoms with Gasteiger partial charge in [0, 0.05) is 18.2 Å². The van der Waals surface area contributed by atoms with E-state index in [0.29, 0.717) is 18.8 Å². The van der Waals surface area contributed by atoms with E-state index in [0.717, 1.165) is 25.7 Å². The van der Waals surface area contributed by atoms with Gasteiger partial charge >= 0.3 is 0 Å². The summed E-state index contributed by atoms with van der Waals surface area (Å²) in [5.41, 5.74) is 0.647. The van der Waals surface area contributed by atoms with E-state index in [4.69, 9.17) is 4.74 Å². The van der Waals surface area contributed by atoms with Crippen molar-refractivity contribution in [1.29, 1.82) is 0 Å². The van der Waals surface area contributed by atoms with Crippen molar-refractivity contribution < 1.29 is 18.7 Å². The van der Waals surface area contributed by atoms with Crippen LogP contribution in [0.2, 0.25) is 0 Å². The van der Waals surface area contributed by atoms with E-state index in [1.165, 1.54) is 18.6 Å². The number of ether oxygens (including phenoxy) is 1. The van der Waals surface area contributed by atoms with Gasteiger partial charge in [-0.1, -0.05) is 19.3 Å². The molecule has 2 amide bonds. The standard InChI is InChI=1S/C18H23FN2O3/c19-14-6-8-15(9-7-14)21-11-16(24-12-17(21)22)10-20-18(23)13-4-2-1-3-5-13/h6-9,13,16H,1-5,10-12H2,(H,20,23). The molecule has 6 heteroatoms. The van der Waals surface area contributed by atoms with E-state index in [-0.39, 0.29) is 36.3 Å². The zero-order valence-corrected chi connectivity index (χ0v) is 13.7. The molecular formula is C18H23FN2O3. The van der Waals surface area contributed by atoms with Crippen LogP contribution in [0.25, 0.3) is 0 Å². The summed E-state index contributed by atoms with van der Waals surface area (Å²) < 4.78 is 18.6. The highest BCUT2D eigenvalue weighted by Gasteiger charge is 2.28. The first-order valence-corrected chi connectivity index (χ1v) is 8.59. The van der Waals surface area contributed by atoms with E-state index >= 15 is 0 Å². The van der Waals surface area contributed by atoms with Gasteiger partial charge in [-0.25, -0.2) is 4.39 Å². The molecule has 24 heavy (non-hydrogen) atoms. The second-order valence-corrected chi connectivity index (χ2v) is 6.49. The number of rotatable bonds is 4. The molecule has 1 atom stereocenters. The summed E-state index contributed by atoms with van der Waals surface area (Å²) in [5.74, 6) is -0.298. The molecule has 5 nitrogen and oxygen atoms in total. The van der Waals surface area contributed by atoms with E-state index in [9.17, 15) is 14.0 Å². The molecule has 0 spiro atoms. The molecule has 2 fully saturated rings. The van der Waals surface area contributed by atoms with Crippen LogP contribution in [0.5, 0.6) is 0 Å². The Labute approximate surface area is 141 Å². The van der Waals surface area contributed by atoms with Crippen LogP contribution in [-0.4, -0.2) is 37.6 Å². The summed E-state index contributed by atoms with van der Waals surface area (Å²) in [6, 6.07) is 5.82. The van der Waals surface area contributed by atoms with Gasteiger partial charge in [0.05, 0.1) is 12.6 Å². The predicted molar refractivity (Wildman–Crippen MR) is 88.1 cm³/mol. The Balaban J connectivity index is 1.54. The molecule has 1 unspecified atom stereocenters. The highest BCUT2D eigenvalue weighted by atomic mass is 19.1. The molecular weight excluding hydrogens is 311 g/mol. The van der Waals surface area contributed by atoms with Crippen LogP contribution in [0.1, 0.15) is 32.1 Å². The number of hydrogen-bond donors (Lipinski definition) is 1. The number of anilines is 1. The Morgan fingerprint density at radius 2 is 1.92 bits per heavy atom. The quantitative estimate of drug-likeness (QED) is 0.919. The molecule has 2 aliphatic rings. The van der Waals surface area contributed by atoms with Gasteiger partial charge in [0.1, 0.15) is 12.4 Å². The molecule has 0 bridgehead atoms. The van der Waals surface area contributed by atoms with Gasteiger partial charge in [-0.15, -0.1) is 0 Å². The summed E-state index contributed by atoms with van der Waals surface area (Å²) in [4.78, 5) is 25.8. The minimum absolute atomic E-state index is 0.0264. The fourth-order valence-corrected chi connectivity index (χ4v) is 3.34. The molecule has 1 saturated heterocycles. The highest BCUT2D eigenvalue weighted by molar-refractivity contribution is 5.95. The average Bonchev–Trinajstić information content (AvgIpc) is 2.62. The zero-order valence-electron chi connectivity index (χ0n) is 13.7. The Morgan fingerprint density at radius 1 is 1.21 bits per heavy atom. The molecule has 1 aromatic carbocycles. The monoisotopic (exact) mass is 334 g/mol. The molecule has 1 aliphatic carbocycles. The van der Waals surface area contributed by atoms with Gasteiger partial charge in [-0.05, 0) is 37.1 Å². The number of halogens is 1. The minimum Gasteiger partial charge on any atom is -0.365 e. The molecule has 1 heterocycles. The molecule has 0 radical (unpaired) electrons. The maximum Gasteiger partial charge on any atom is 0.253 e. The summed E-state index contributed by atoms with van der Waals surface area (Å²) in [5, 5.41) is 2.96. The lowest BCUT2D eigenvalue weighted by atomic mass is 9.88. The van der Waals surface area contributed by atoms with Gasteiger partial charge < -0.3 is 15.0 Å². The summed E-state index contributed by atoms with van der Waals surface area (Å²) in [6.45, 7) is 0.719. The van der Waals surface area contributed by atoms with Gasteiger partial charge in [-0.2, -0.15) is 0 Å². The van der Waals surface area contributed by atoms with Crippen LogP contribution in [0.3, 0.4) is 0 Å². The SMILES string of the molecule is O=C(NCC1CN(c2ccc(F)cc2)C(=O)CO1)C1CCCCC1. The van der Waals surface area contributed by atoms with Crippen molar-refractivity contribution in [1.82, 2.24) is 5.32 Å². The lowest BCUT2D eigenvalue weighted by molar-refractivity contribution is -0.130. The smallest absolute Gasteiger partial charge is 0.253 e. The number of nitrogens with one attached hydrogen (secondary N) is 1. The van der Waals surface area contributed by atoms with Crippen molar-refractivity contribution in [2.45, 2.75) is 38.2 Å². The number of hydrogen-bond acceptors (Lipinski definition) is 3. The molecule has 1 aromatic rings. The Kier molecular flexibility index (Phi) is 5.45. The van der Waals surface area contributed by atoms with Crippen LogP contribution >= 0.6 is 0 Å². The van der Waals surface area contributed by atoms with Gasteiger partial charge in [-0.3, -0.25) is 9.59 Å². The Bertz CT molecular complexity index is 584. The third-order valence-electron chi connectivity index (χ3n) is 4.75. The van der Waals surface area contributed by atoms with Crippen molar-refractivity contribution in [3.05, 3.63) is 30.1 Å². The first-order chi connectivity index (χ1) is 11.6. The second kappa shape index (κ2) is 7.75. The zero-order chi connectivity index (χ0) is 16.9. The van der Waals surface area contributed by atoms with Crippen molar-refractivity contribution in [2.24, 2.45) is 5.92 Å². The Hall–Kier alpha value is -1.95. The largest absolute Gasteiger partial charge is 0.365 e. The lowest BCUT2D eigenvalue weighted by Crippen LogP contribution is -2.51. The lowest BCUT2D eigenvalue weighted by Gasteiger charge is -2.33. The fraction of sp³-hybridized carbons (Fsp3) is 0.556. The molecule has 130 valence electrons. The van der Waals surface area contributed by atoms with Crippen LogP contribution in [-0.2, 0) is 14.3 Å². The number of carbonyl (C=O) groups is 2. The molecule has 1 aliphatic heterocycles. The summed E-state index contributed by atoms with van der Waals surface area (Å²) in [7, 11) is 0. The number of benzene rings is 1. The maximum absolute atomic E-state index is 13.0. The van der Waals surface area contributed by atoms with Crippen molar-refractivity contribution in [2.75, 3.05) is 24.6 Å². The first kappa shape index (κ1) is 16.9. The number of amides is 2. The van der Waals surface area contributed by atoms with E-state index < -0.39 is 0 Å². The van der Waals surface area contributed by atoms with Gasteiger partial charge in [0.25, 0.3) is 5.91 Å². The molecule has 3 rings (SSSR count). The maximum atomic E-state index is 13.0. The molecule has 1 N–H and O–H groups in total. The number of carbonyl (C=O) groups excluding carboxylic acids is 2. The average molecular weight is 334 g/mol. The topological polar surface area (TPSA) is 58.6 Å². The highest BCUT2D eigenvalue weighted by Crippen LogP contribution is 2.24. The van der Waals surface area contributed by atoms with Crippen molar-refractivity contribution >= 4 is 17.5 Å². The molecule has 1 saturated carbocycles. The number of nitrogens with zero attached hydrogens (tertiary/aromatic N) is 1. The fourth-order valence-electron chi connectivity index (χ4n) is 3.34. The first-order valence-electron chi connectivity index (χ1n) is 8.59. The van der Waals surface area contributed by atoms with Crippen molar-refractivity contribution in [3.8, 4) is 0 Å². The normalized spacial score (nSPS) is 22.5. The minimum atomic E-state index is -0.337. The van der Waals surface area contributed by atoms with E-state index in [2.05, 4.69) is 5.32 Å². The Morgan fingerprint density at radius 3 is 2.62 bits per heavy atom. The third kappa shape index (κ3) is 4.12. The summed E-state index contributed by atoms with van der Waals surface area (Å²) in [6.07, 6.45) is 5.11. The second-order valence-electron chi connectivity index (χ2n) is 6.49. The van der Waals surface area contributed by atoms with E-state index in [1.807, 2.05) is 0 Å².